The van der Waals surface area contributed by atoms with E-state index < -0.39 is 0 Å². The summed E-state index contributed by atoms with van der Waals surface area (Å²) in [6, 6.07) is 3.69. The number of carbonyl (C=O) groups excluding carboxylic acids is 1. The van der Waals surface area contributed by atoms with Crippen LogP contribution in [-0.4, -0.2) is 31.7 Å². The Balaban J connectivity index is 1.75. The molecule has 1 aliphatic heterocycles. The number of nitrogens with one attached hydrogen (secondary N) is 1. The zero-order valence-corrected chi connectivity index (χ0v) is 12.0. The van der Waals surface area contributed by atoms with Gasteiger partial charge in [-0.05, 0) is 37.1 Å². The molecule has 1 aromatic rings. The Morgan fingerprint density at radius 3 is 2.89 bits per heavy atom. The van der Waals surface area contributed by atoms with E-state index in [-0.39, 0.29) is 12.1 Å². The first-order valence-electron chi connectivity index (χ1n) is 6.73. The number of carbonyl (C=O) groups is 1. The van der Waals surface area contributed by atoms with E-state index in [4.69, 9.17) is 4.74 Å². The van der Waals surface area contributed by atoms with Crippen LogP contribution in [-0.2, 0) is 4.74 Å². The molecule has 0 aromatic carbocycles. The summed E-state index contributed by atoms with van der Waals surface area (Å²) in [5.41, 5.74) is 0. The predicted molar refractivity (Wildman–Crippen MR) is 73.2 cm³/mol. The minimum absolute atomic E-state index is 0.00278. The largest absolute Gasteiger partial charge is 0.452 e. The Morgan fingerprint density at radius 2 is 2.28 bits per heavy atom. The monoisotopic (exact) mass is 268 g/mol. The molecule has 1 aliphatic rings. The van der Waals surface area contributed by atoms with Crippen molar-refractivity contribution in [2.75, 3.05) is 19.6 Å². The zero-order valence-electron chi connectivity index (χ0n) is 11.1. The maximum Gasteiger partial charge on any atom is 0.348 e. The summed E-state index contributed by atoms with van der Waals surface area (Å²) in [7, 11) is 0. The highest BCUT2D eigenvalue weighted by atomic mass is 32.1. The minimum atomic E-state index is -0.178. The Labute approximate surface area is 113 Å². The first-order valence-corrected chi connectivity index (χ1v) is 7.61. The zero-order chi connectivity index (χ0) is 13.0. The fourth-order valence-electron chi connectivity index (χ4n) is 2.46. The van der Waals surface area contributed by atoms with Crippen LogP contribution < -0.4 is 4.90 Å². The van der Waals surface area contributed by atoms with Gasteiger partial charge in [0.1, 0.15) is 17.5 Å². The van der Waals surface area contributed by atoms with Crippen LogP contribution in [0.4, 0.5) is 0 Å². The molecule has 3 nitrogen and oxygen atoms in total. The first kappa shape index (κ1) is 13.6. The molecule has 1 saturated heterocycles. The third-order valence-electron chi connectivity index (χ3n) is 3.59. The van der Waals surface area contributed by atoms with Gasteiger partial charge in [0.25, 0.3) is 0 Å². The van der Waals surface area contributed by atoms with E-state index in [1.165, 1.54) is 37.3 Å². The summed E-state index contributed by atoms with van der Waals surface area (Å²) < 4.78 is 5.47. The molecule has 18 heavy (non-hydrogen) atoms. The van der Waals surface area contributed by atoms with Crippen molar-refractivity contribution < 1.29 is 14.4 Å². The van der Waals surface area contributed by atoms with Gasteiger partial charge in [-0.3, -0.25) is 0 Å². The summed E-state index contributed by atoms with van der Waals surface area (Å²) in [5, 5.41) is 1.90. The van der Waals surface area contributed by atoms with Gasteiger partial charge in [0.15, 0.2) is 0 Å². The second-order valence-corrected chi connectivity index (χ2v) is 6.28. The highest BCUT2D eigenvalue weighted by Crippen LogP contribution is 2.11. The van der Waals surface area contributed by atoms with Crippen LogP contribution in [0.25, 0.3) is 0 Å². The van der Waals surface area contributed by atoms with E-state index in [2.05, 4.69) is 6.92 Å². The molecule has 1 atom stereocenters. The van der Waals surface area contributed by atoms with Gasteiger partial charge in [-0.15, -0.1) is 11.3 Å². The highest BCUT2D eigenvalue weighted by molar-refractivity contribution is 7.11. The smallest absolute Gasteiger partial charge is 0.348 e. The summed E-state index contributed by atoms with van der Waals surface area (Å²) in [4.78, 5) is 14.1. The van der Waals surface area contributed by atoms with Crippen LogP contribution in [0.1, 0.15) is 36.4 Å². The summed E-state index contributed by atoms with van der Waals surface area (Å²) in [6.07, 6.45) is 2.59. The van der Waals surface area contributed by atoms with Crippen molar-refractivity contribution in [3.05, 3.63) is 22.4 Å². The second kappa shape index (κ2) is 6.34. The summed E-state index contributed by atoms with van der Waals surface area (Å²) >= 11 is 1.44. The quantitative estimate of drug-likeness (QED) is 0.841. The Morgan fingerprint density at radius 1 is 1.56 bits per heavy atom. The average Bonchev–Trinajstić information content (AvgIpc) is 2.85. The topological polar surface area (TPSA) is 30.7 Å². The number of thiophene rings is 1. The normalized spacial score (nSPS) is 25.7. The van der Waals surface area contributed by atoms with Crippen molar-refractivity contribution in [1.29, 1.82) is 0 Å². The lowest BCUT2D eigenvalue weighted by Crippen LogP contribution is -3.14. The number of ether oxygens (including phenoxy) is 1. The van der Waals surface area contributed by atoms with Gasteiger partial charge in [0.2, 0.25) is 0 Å². The van der Waals surface area contributed by atoms with Gasteiger partial charge in [0.05, 0.1) is 13.1 Å². The van der Waals surface area contributed by atoms with Gasteiger partial charge in [-0.1, -0.05) is 13.0 Å². The predicted octanol–water partition coefficient (Wildman–Crippen LogP) is 1.61. The Kier molecular flexibility index (Phi) is 4.78. The van der Waals surface area contributed by atoms with E-state index >= 15 is 0 Å². The van der Waals surface area contributed by atoms with Gasteiger partial charge in [-0.25, -0.2) is 4.79 Å². The van der Waals surface area contributed by atoms with Crippen molar-refractivity contribution in [3.63, 3.8) is 0 Å². The van der Waals surface area contributed by atoms with Crippen molar-refractivity contribution in [2.24, 2.45) is 5.92 Å². The molecule has 0 radical (unpaired) electrons. The van der Waals surface area contributed by atoms with E-state index in [0.717, 1.165) is 12.5 Å². The summed E-state index contributed by atoms with van der Waals surface area (Å²) in [6.45, 7) is 7.67. The van der Waals surface area contributed by atoms with E-state index in [1.54, 1.807) is 4.90 Å². The molecule has 1 aromatic heterocycles. The lowest BCUT2D eigenvalue weighted by atomic mass is 9.99. The van der Waals surface area contributed by atoms with Gasteiger partial charge >= 0.3 is 5.97 Å². The molecule has 0 saturated carbocycles. The van der Waals surface area contributed by atoms with Gasteiger partial charge < -0.3 is 9.64 Å². The van der Waals surface area contributed by atoms with E-state index in [1.807, 2.05) is 24.4 Å². The van der Waals surface area contributed by atoms with Crippen LogP contribution in [0, 0.1) is 5.92 Å². The van der Waals surface area contributed by atoms with Gasteiger partial charge in [-0.2, -0.15) is 0 Å². The third kappa shape index (κ3) is 3.82. The molecule has 1 fully saturated rings. The minimum Gasteiger partial charge on any atom is -0.452 e. The van der Waals surface area contributed by atoms with Crippen molar-refractivity contribution in [2.45, 2.75) is 32.8 Å². The number of likely N-dealkylation sites (tertiary alicyclic amines) is 1. The fourth-order valence-corrected chi connectivity index (χ4v) is 3.06. The van der Waals surface area contributed by atoms with E-state index in [9.17, 15) is 4.79 Å². The Bertz CT molecular complexity index is 369. The lowest BCUT2D eigenvalue weighted by molar-refractivity contribution is -0.908. The van der Waals surface area contributed by atoms with Crippen molar-refractivity contribution in [3.8, 4) is 0 Å². The molecular formula is C14H22NO2S+. The Hall–Kier alpha value is -0.870. The number of rotatable bonds is 4. The van der Waals surface area contributed by atoms with Crippen molar-refractivity contribution >= 4 is 17.3 Å². The molecule has 0 aliphatic carbocycles. The number of esters is 1. The maximum atomic E-state index is 11.8. The molecular weight excluding hydrogens is 246 g/mol. The molecule has 2 heterocycles. The number of hydrogen-bond acceptors (Lipinski definition) is 3. The van der Waals surface area contributed by atoms with Crippen LogP contribution in [0.15, 0.2) is 17.5 Å². The molecule has 1 N–H and O–H groups in total. The van der Waals surface area contributed by atoms with Gasteiger partial charge in [0, 0.05) is 0 Å². The molecule has 4 heteroatoms. The third-order valence-corrected chi connectivity index (χ3v) is 4.44. The molecule has 2 rings (SSSR count). The average molecular weight is 268 g/mol. The first-order chi connectivity index (χ1) is 8.65. The number of quaternary nitrogens is 1. The van der Waals surface area contributed by atoms with Crippen molar-refractivity contribution in [1.82, 2.24) is 0 Å². The highest BCUT2D eigenvalue weighted by Gasteiger charge is 2.22. The van der Waals surface area contributed by atoms with Crippen LogP contribution in [0.5, 0.6) is 0 Å². The molecule has 100 valence electrons. The summed E-state index contributed by atoms with van der Waals surface area (Å²) in [5.74, 6) is 0.681. The number of piperidine rings is 1. The van der Waals surface area contributed by atoms with Crippen LogP contribution in [0.3, 0.4) is 0 Å². The molecule has 0 bridgehead atoms. The fraction of sp³-hybridized carbons (Fsp3) is 0.643. The second-order valence-electron chi connectivity index (χ2n) is 5.33. The van der Waals surface area contributed by atoms with Crippen LogP contribution in [0.2, 0.25) is 0 Å². The molecule has 1 unspecified atom stereocenters. The van der Waals surface area contributed by atoms with Crippen LogP contribution >= 0.6 is 11.3 Å². The van der Waals surface area contributed by atoms with E-state index in [0.29, 0.717) is 4.88 Å². The molecule has 0 amide bonds. The maximum absolute atomic E-state index is 11.8. The standard InChI is InChI=1S/C14H21NO2S/c1-11-5-7-15(8-6-11)10-12(2)17-14(16)13-4-3-9-18-13/h3-4,9,11-12H,5-8,10H2,1-2H3/p+1. The lowest BCUT2D eigenvalue weighted by Gasteiger charge is -2.29. The number of hydrogen-bond donors (Lipinski definition) is 1. The molecule has 0 spiro atoms. The SMILES string of the molecule is CC1CC[NH+](CC(C)OC(=O)c2cccs2)CC1.